The Morgan fingerprint density at radius 2 is 1.75 bits per heavy atom. The number of nitrogens with two attached hydrogens (primary N) is 1. The second-order valence-electron chi connectivity index (χ2n) is 5.52. The third-order valence-electron chi connectivity index (χ3n) is 3.42. The molecule has 3 nitrogen and oxygen atoms in total. The van der Waals surface area contributed by atoms with Crippen molar-refractivity contribution in [3.05, 3.63) is 41.1 Å². The van der Waals surface area contributed by atoms with Crippen molar-refractivity contribution in [3.63, 3.8) is 0 Å². The average molecular weight is 352 g/mol. The van der Waals surface area contributed by atoms with Gasteiger partial charge in [0, 0.05) is 11.4 Å². The lowest BCUT2D eigenvalue weighted by Gasteiger charge is -2.19. The van der Waals surface area contributed by atoms with Gasteiger partial charge in [-0.25, -0.2) is 4.98 Å². The van der Waals surface area contributed by atoms with Crippen LogP contribution < -0.4 is 5.73 Å². The molecule has 0 spiro atoms. The third kappa shape index (κ3) is 3.78. The molecule has 0 saturated heterocycles. The summed E-state index contributed by atoms with van der Waals surface area (Å²) in [5.41, 5.74) is 1.60. The van der Waals surface area contributed by atoms with Crippen molar-refractivity contribution in [2.45, 2.75) is 37.8 Å². The molecule has 3 N–H and O–H groups in total. The molecule has 1 aromatic heterocycles. The molecule has 132 valence electrons. The van der Waals surface area contributed by atoms with Gasteiger partial charge in [0.1, 0.15) is 5.69 Å². The average Bonchev–Trinajstić information content (AvgIpc) is 2.42. The van der Waals surface area contributed by atoms with Crippen LogP contribution in [0.2, 0.25) is 0 Å². The fourth-order valence-corrected chi connectivity index (χ4v) is 2.40. The van der Waals surface area contributed by atoms with Gasteiger partial charge in [-0.05, 0) is 31.0 Å². The number of aromatic nitrogens is 1. The van der Waals surface area contributed by atoms with Gasteiger partial charge in [-0.3, -0.25) is 0 Å². The predicted molar refractivity (Wildman–Crippen MR) is 75.0 cm³/mol. The Morgan fingerprint density at radius 3 is 2.25 bits per heavy atom. The number of nitrogens with zero attached hydrogens (tertiary/aromatic N) is 1. The van der Waals surface area contributed by atoms with E-state index in [0.717, 1.165) is 6.07 Å². The van der Waals surface area contributed by atoms with E-state index in [2.05, 4.69) is 4.98 Å². The molecule has 9 heteroatoms. The maximum Gasteiger partial charge on any atom is 0.433 e. The molecule has 0 aliphatic heterocycles. The highest BCUT2D eigenvalue weighted by atomic mass is 19.4. The molecule has 0 radical (unpaired) electrons. The molecule has 1 heterocycles. The van der Waals surface area contributed by atoms with Crippen LogP contribution in [0.25, 0.3) is 10.9 Å². The van der Waals surface area contributed by atoms with Gasteiger partial charge in [0.05, 0.1) is 17.2 Å². The molecule has 2 rings (SSSR count). The largest absolute Gasteiger partial charge is 0.433 e. The smallest absolute Gasteiger partial charge is 0.388 e. The van der Waals surface area contributed by atoms with Gasteiger partial charge in [0.2, 0.25) is 0 Å². The number of pyridine rings is 1. The van der Waals surface area contributed by atoms with Crippen LogP contribution in [0.4, 0.5) is 26.3 Å². The summed E-state index contributed by atoms with van der Waals surface area (Å²) in [6.45, 7) is 1.53. The minimum absolute atomic E-state index is 0.105. The number of aliphatic hydroxyl groups excluding tert-OH is 1. The molecule has 0 fully saturated rings. The SMILES string of the molecule is CC(N)CC(O)c1cc(C(F)(F)F)nc2c(C(F)(F)F)cccc12. The van der Waals surface area contributed by atoms with Crippen LogP contribution in [0.5, 0.6) is 0 Å². The maximum atomic E-state index is 13.1. The number of hydrogen-bond donors (Lipinski definition) is 2. The van der Waals surface area contributed by atoms with Crippen molar-refractivity contribution in [2.24, 2.45) is 5.73 Å². The number of aliphatic hydroxyl groups is 1. The minimum atomic E-state index is -4.95. The third-order valence-corrected chi connectivity index (χ3v) is 3.42. The molecule has 24 heavy (non-hydrogen) atoms. The number of halogens is 6. The molecule has 0 saturated carbocycles. The van der Waals surface area contributed by atoms with Crippen LogP contribution in [0.3, 0.4) is 0 Å². The summed E-state index contributed by atoms with van der Waals surface area (Å²) in [5, 5.41) is 9.93. The summed E-state index contributed by atoms with van der Waals surface area (Å²) in [6.07, 6.45) is -11.4. The topological polar surface area (TPSA) is 59.1 Å². The number of para-hydroxylation sites is 1. The second kappa shape index (κ2) is 6.21. The normalized spacial score (nSPS) is 15.5. The van der Waals surface area contributed by atoms with Crippen molar-refractivity contribution >= 4 is 10.9 Å². The van der Waals surface area contributed by atoms with Crippen LogP contribution in [0.15, 0.2) is 24.3 Å². The van der Waals surface area contributed by atoms with Crippen molar-refractivity contribution in [3.8, 4) is 0 Å². The summed E-state index contributed by atoms with van der Waals surface area (Å²) >= 11 is 0. The van der Waals surface area contributed by atoms with Gasteiger partial charge in [0.25, 0.3) is 0 Å². The van der Waals surface area contributed by atoms with Gasteiger partial charge in [-0.15, -0.1) is 0 Å². The molecular formula is C15H14F6N2O. The Morgan fingerprint density at radius 1 is 1.12 bits per heavy atom. The van der Waals surface area contributed by atoms with Gasteiger partial charge in [0.15, 0.2) is 0 Å². The zero-order chi connectivity index (χ0) is 18.3. The summed E-state index contributed by atoms with van der Waals surface area (Å²) in [6, 6.07) is 2.91. The zero-order valence-electron chi connectivity index (χ0n) is 12.4. The fourth-order valence-electron chi connectivity index (χ4n) is 2.40. The zero-order valence-corrected chi connectivity index (χ0v) is 12.4. The standard InChI is InChI=1S/C15H14F6N2O/c1-7(22)5-11(24)9-6-12(15(19,20)21)23-13-8(9)3-2-4-10(13)14(16,17)18/h2-4,6-7,11,24H,5,22H2,1H3. The first-order chi connectivity index (χ1) is 10.9. The van der Waals surface area contributed by atoms with Gasteiger partial charge < -0.3 is 10.8 Å². The lowest BCUT2D eigenvalue weighted by atomic mass is 9.96. The number of rotatable bonds is 3. The molecule has 1 aromatic carbocycles. The minimum Gasteiger partial charge on any atom is -0.388 e. The van der Waals surface area contributed by atoms with E-state index < -0.39 is 41.3 Å². The highest BCUT2D eigenvalue weighted by molar-refractivity contribution is 5.86. The lowest BCUT2D eigenvalue weighted by molar-refractivity contribution is -0.142. The molecular weight excluding hydrogens is 338 g/mol. The van der Waals surface area contributed by atoms with E-state index in [1.807, 2.05) is 0 Å². The van der Waals surface area contributed by atoms with Crippen molar-refractivity contribution in [1.29, 1.82) is 0 Å². The number of hydrogen-bond acceptors (Lipinski definition) is 3. The Labute approximate surface area is 133 Å². The van der Waals surface area contributed by atoms with Crippen LogP contribution in [-0.2, 0) is 12.4 Å². The van der Waals surface area contributed by atoms with Crippen molar-refractivity contribution in [2.75, 3.05) is 0 Å². The predicted octanol–water partition coefficient (Wildman–Crippen LogP) is 4.04. The Hall–Kier alpha value is -1.87. The first-order valence-corrected chi connectivity index (χ1v) is 6.93. The summed E-state index contributed by atoms with van der Waals surface area (Å²) < 4.78 is 78.3. The van der Waals surface area contributed by atoms with Gasteiger partial charge in [-0.2, -0.15) is 26.3 Å². The Balaban J connectivity index is 2.81. The first-order valence-electron chi connectivity index (χ1n) is 6.93. The van der Waals surface area contributed by atoms with E-state index in [0.29, 0.717) is 12.1 Å². The maximum absolute atomic E-state index is 13.1. The quantitative estimate of drug-likeness (QED) is 0.820. The lowest BCUT2D eigenvalue weighted by Crippen LogP contribution is -2.20. The Kier molecular flexibility index (Phi) is 4.78. The van der Waals surface area contributed by atoms with Crippen LogP contribution in [-0.4, -0.2) is 16.1 Å². The number of alkyl halides is 6. The molecule has 0 bridgehead atoms. The van der Waals surface area contributed by atoms with E-state index in [1.165, 1.54) is 13.0 Å². The Bertz CT molecular complexity index is 739. The summed E-state index contributed by atoms with van der Waals surface area (Å²) in [7, 11) is 0. The molecule has 2 unspecified atom stereocenters. The van der Waals surface area contributed by atoms with E-state index >= 15 is 0 Å². The first kappa shape index (κ1) is 18.5. The molecule has 0 aliphatic carbocycles. The van der Waals surface area contributed by atoms with E-state index in [1.54, 1.807) is 0 Å². The molecule has 2 aromatic rings. The molecule has 2 atom stereocenters. The van der Waals surface area contributed by atoms with Crippen molar-refractivity contribution < 1.29 is 31.4 Å². The fraction of sp³-hybridized carbons (Fsp3) is 0.400. The molecule has 0 amide bonds. The summed E-state index contributed by atoms with van der Waals surface area (Å²) in [4.78, 5) is 3.15. The van der Waals surface area contributed by atoms with Crippen LogP contribution in [0.1, 0.15) is 36.3 Å². The number of benzene rings is 1. The van der Waals surface area contributed by atoms with Crippen LogP contribution in [0, 0.1) is 0 Å². The van der Waals surface area contributed by atoms with E-state index in [4.69, 9.17) is 5.73 Å². The van der Waals surface area contributed by atoms with Crippen LogP contribution >= 0.6 is 0 Å². The number of fused-ring (bicyclic) bond motifs is 1. The van der Waals surface area contributed by atoms with Gasteiger partial charge >= 0.3 is 12.4 Å². The second-order valence-corrected chi connectivity index (χ2v) is 5.52. The van der Waals surface area contributed by atoms with Crippen molar-refractivity contribution in [1.82, 2.24) is 4.98 Å². The van der Waals surface area contributed by atoms with Gasteiger partial charge in [-0.1, -0.05) is 12.1 Å². The summed E-state index contributed by atoms with van der Waals surface area (Å²) in [5.74, 6) is 0. The molecule has 0 aliphatic rings. The highest BCUT2D eigenvalue weighted by Gasteiger charge is 2.37. The van der Waals surface area contributed by atoms with E-state index in [9.17, 15) is 31.4 Å². The monoisotopic (exact) mass is 352 g/mol. The van der Waals surface area contributed by atoms with E-state index in [-0.39, 0.29) is 17.4 Å². The highest BCUT2D eigenvalue weighted by Crippen LogP contribution is 2.39.